The summed E-state index contributed by atoms with van der Waals surface area (Å²) in [5.41, 5.74) is 2.12. The van der Waals surface area contributed by atoms with Crippen molar-refractivity contribution in [1.29, 1.82) is 5.26 Å². The van der Waals surface area contributed by atoms with E-state index < -0.39 is 17.9 Å². The van der Waals surface area contributed by atoms with Crippen LogP contribution in [0.2, 0.25) is 0 Å². The summed E-state index contributed by atoms with van der Waals surface area (Å²) in [4.78, 5) is 29.0. The molecule has 0 bridgehead atoms. The summed E-state index contributed by atoms with van der Waals surface area (Å²) in [7, 11) is 0. The average molecular weight is 363 g/mol. The predicted molar refractivity (Wildman–Crippen MR) is 101 cm³/mol. The van der Waals surface area contributed by atoms with Crippen LogP contribution in [0.1, 0.15) is 30.5 Å². The molecule has 2 aromatic rings. The van der Waals surface area contributed by atoms with Crippen molar-refractivity contribution in [3.63, 3.8) is 0 Å². The summed E-state index contributed by atoms with van der Waals surface area (Å²) in [6.45, 7) is 7.30. The van der Waals surface area contributed by atoms with E-state index in [1.807, 2.05) is 6.07 Å². The number of benzene rings is 1. The van der Waals surface area contributed by atoms with Gasteiger partial charge in [-0.1, -0.05) is 18.7 Å². The van der Waals surface area contributed by atoms with Gasteiger partial charge in [-0.15, -0.1) is 0 Å². The van der Waals surface area contributed by atoms with Gasteiger partial charge in [0.15, 0.2) is 0 Å². The Kier molecular flexibility index (Phi) is 6.84. The summed E-state index contributed by atoms with van der Waals surface area (Å²) in [5, 5.41) is 11.6. The van der Waals surface area contributed by atoms with Gasteiger partial charge >= 0.3 is 5.97 Å². The molecule has 1 aromatic carbocycles. The van der Waals surface area contributed by atoms with Gasteiger partial charge in [-0.05, 0) is 49.2 Å². The van der Waals surface area contributed by atoms with Crippen LogP contribution < -0.4 is 5.32 Å². The van der Waals surface area contributed by atoms with E-state index in [1.165, 1.54) is 0 Å². The topological polar surface area (TPSA) is 92.1 Å². The third kappa shape index (κ3) is 5.79. The zero-order valence-corrected chi connectivity index (χ0v) is 15.3. The number of rotatable bonds is 7. The van der Waals surface area contributed by atoms with Crippen LogP contribution in [-0.2, 0) is 20.7 Å². The van der Waals surface area contributed by atoms with Gasteiger partial charge in [0, 0.05) is 24.4 Å². The Morgan fingerprint density at radius 1 is 1.19 bits per heavy atom. The summed E-state index contributed by atoms with van der Waals surface area (Å²) >= 11 is 0. The SMILES string of the molecule is C=C(C(=O)NC(Cc1ccncc1)C(=O)OC(C)C)c1ccc(C#N)cc1. The summed E-state index contributed by atoms with van der Waals surface area (Å²) in [6.07, 6.45) is 3.23. The van der Waals surface area contributed by atoms with Crippen LogP contribution in [0.4, 0.5) is 0 Å². The number of hydrogen-bond acceptors (Lipinski definition) is 5. The van der Waals surface area contributed by atoms with E-state index in [9.17, 15) is 9.59 Å². The lowest BCUT2D eigenvalue weighted by Crippen LogP contribution is -2.44. The molecule has 0 radical (unpaired) electrons. The van der Waals surface area contributed by atoms with Crippen molar-refractivity contribution < 1.29 is 14.3 Å². The molecule has 27 heavy (non-hydrogen) atoms. The fraction of sp³-hybridized carbons (Fsp3) is 0.238. The van der Waals surface area contributed by atoms with Crippen LogP contribution in [0.25, 0.3) is 5.57 Å². The maximum atomic E-state index is 12.6. The van der Waals surface area contributed by atoms with E-state index in [2.05, 4.69) is 16.9 Å². The van der Waals surface area contributed by atoms with Gasteiger partial charge in [0.1, 0.15) is 6.04 Å². The molecule has 138 valence electrons. The molecule has 6 heteroatoms. The highest BCUT2D eigenvalue weighted by molar-refractivity contribution is 6.19. The standard InChI is InChI=1S/C21H21N3O3/c1-14(2)27-21(26)19(12-16-8-10-23-11-9-16)24-20(25)15(3)18-6-4-17(13-22)5-7-18/h4-11,14,19H,3,12H2,1-2H3,(H,24,25). The Hall–Kier alpha value is -3.46. The third-order valence-corrected chi connectivity index (χ3v) is 3.77. The lowest BCUT2D eigenvalue weighted by Gasteiger charge is -2.20. The lowest BCUT2D eigenvalue weighted by molar-refractivity contribution is -0.151. The monoisotopic (exact) mass is 363 g/mol. The first-order valence-corrected chi connectivity index (χ1v) is 8.50. The van der Waals surface area contributed by atoms with E-state index in [0.29, 0.717) is 11.1 Å². The molecule has 0 saturated heterocycles. The number of hydrogen-bond donors (Lipinski definition) is 1. The van der Waals surface area contributed by atoms with Gasteiger partial charge in [0.2, 0.25) is 0 Å². The molecule has 0 fully saturated rings. The highest BCUT2D eigenvalue weighted by Crippen LogP contribution is 2.14. The molecule has 0 aliphatic rings. The lowest BCUT2D eigenvalue weighted by atomic mass is 10.0. The minimum atomic E-state index is -0.850. The second-order valence-electron chi connectivity index (χ2n) is 6.24. The first-order chi connectivity index (χ1) is 12.9. The number of carbonyl (C=O) groups is 2. The van der Waals surface area contributed by atoms with Crippen molar-refractivity contribution in [3.05, 3.63) is 72.1 Å². The second-order valence-corrected chi connectivity index (χ2v) is 6.24. The van der Waals surface area contributed by atoms with Crippen LogP contribution in [-0.4, -0.2) is 29.0 Å². The van der Waals surface area contributed by atoms with E-state index in [1.54, 1.807) is 62.6 Å². The Balaban J connectivity index is 2.14. The van der Waals surface area contributed by atoms with Gasteiger partial charge < -0.3 is 10.1 Å². The number of carbonyl (C=O) groups excluding carboxylic acids is 2. The molecule has 1 atom stereocenters. The number of pyridine rings is 1. The highest BCUT2D eigenvalue weighted by atomic mass is 16.5. The predicted octanol–water partition coefficient (Wildman–Crippen LogP) is 2.65. The summed E-state index contributed by atoms with van der Waals surface area (Å²) in [5.74, 6) is -0.984. The number of ether oxygens (including phenoxy) is 1. The van der Waals surface area contributed by atoms with Gasteiger partial charge in [-0.2, -0.15) is 5.26 Å². The van der Waals surface area contributed by atoms with Crippen LogP contribution in [0.15, 0.2) is 55.4 Å². The normalized spacial score (nSPS) is 11.3. The van der Waals surface area contributed by atoms with Crippen molar-refractivity contribution in [2.24, 2.45) is 0 Å². The molecule has 0 spiro atoms. The molecular formula is C21H21N3O3. The summed E-state index contributed by atoms with van der Waals surface area (Å²) < 4.78 is 5.27. The number of amides is 1. The summed E-state index contributed by atoms with van der Waals surface area (Å²) in [6, 6.07) is 11.2. The van der Waals surface area contributed by atoms with E-state index >= 15 is 0 Å². The molecule has 6 nitrogen and oxygen atoms in total. The van der Waals surface area contributed by atoms with Crippen LogP contribution >= 0.6 is 0 Å². The fourth-order valence-electron chi connectivity index (χ4n) is 2.38. The number of esters is 1. The van der Waals surface area contributed by atoms with Crippen molar-refractivity contribution >= 4 is 17.4 Å². The maximum Gasteiger partial charge on any atom is 0.329 e. The first-order valence-electron chi connectivity index (χ1n) is 8.50. The zero-order chi connectivity index (χ0) is 19.8. The Labute approximate surface area is 158 Å². The van der Waals surface area contributed by atoms with Crippen molar-refractivity contribution in [2.75, 3.05) is 0 Å². The molecule has 0 aliphatic carbocycles. The van der Waals surface area contributed by atoms with E-state index in [4.69, 9.17) is 10.00 Å². The Bertz CT molecular complexity index is 852. The molecule has 0 aliphatic heterocycles. The number of nitriles is 1. The van der Waals surface area contributed by atoms with Crippen LogP contribution in [0, 0.1) is 11.3 Å². The van der Waals surface area contributed by atoms with Gasteiger partial charge in [0.25, 0.3) is 5.91 Å². The molecule has 1 heterocycles. The maximum absolute atomic E-state index is 12.6. The third-order valence-electron chi connectivity index (χ3n) is 3.77. The van der Waals surface area contributed by atoms with Crippen molar-refractivity contribution in [1.82, 2.24) is 10.3 Å². The van der Waals surface area contributed by atoms with Gasteiger partial charge in [-0.25, -0.2) is 4.79 Å². The molecule has 1 aromatic heterocycles. The largest absolute Gasteiger partial charge is 0.461 e. The molecule has 0 saturated carbocycles. The highest BCUT2D eigenvalue weighted by Gasteiger charge is 2.25. The minimum absolute atomic E-state index is 0.205. The molecule has 1 amide bonds. The number of aromatic nitrogens is 1. The number of nitrogens with zero attached hydrogens (tertiary/aromatic N) is 2. The molecule has 2 rings (SSSR count). The smallest absolute Gasteiger partial charge is 0.329 e. The molecular weight excluding hydrogens is 342 g/mol. The fourth-order valence-corrected chi connectivity index (χ4v) is 2.38. The molecule has 1 unspecified atom stereocenters. The Morgan fingerprint density at radius 2 is 1.81 bits per heavy atom. The molecule has 1 N–H and O–H groups in total. The van der Waals surface area contributed by atoms with Gasteiger partial charge in [-0.3, -0.25) is 9.78 Å². The quantitative estimate of drug-likeness (QED) is 0.603. The Morgan fingerprint density at radius 3 is 2.37 bits per heavy atom. The second kappa shape index (κ2) is 9.30. The van der Waals surface area contributed by atoms with E-state index in [0.717, 1.165) is 5.56 Å². The van der Waals surface area contributed by atoms with Crippen molar-refractivity contribution in [3.8, 4) is 6.07 Å². The average Bonchev–Trinajstić information content (AvgIpc) is 2.67. The van der Waals surface area contributed by atoms with E-state index in [-0.39, 0.29) is 18.1 Å². The van der Waals surface area contributed by atoms with Crippen molar-refractivity contribution in [2.45, 2.75) is 32.4 Å². The van der Waals surface area contributed by atoms with Gasteiger partial charge in [0.05, 0.1) is 17.7 Å². The zero-order valence-electron chi connectivity index (χ0n) is 15.3. The minimum Gasteiger partial charge on any atom is -0.461 e. The number of nitrogens with one attached hydrogen (secondary N) is 1. The first kappa shape index (κ1) is 19.9. The van der Waals surface area contributed by atoms with Crippen LogP contribution in [0.5, 0.6) is 0 Å². The van der Waals surface area contributed by atoms with Crippen LogP contribution in [0.3, 0.4) is 0 Å².